The van der Waals surface area contributed by atoms with Gasteiger partial charge in [0.25, 0.3) is 10.0 Å². The molecule has 0 bridgehead atoms. The molecule has 1 heterocycles. The molecule has 0 unspecified atom stereocenters. The maximum absolute atomic E-state index is 10.8. The molecule has 0 aliphatic rings. The van der Waals surface area contributed by atoms with Crippen LogP contribution in [0.4, 0.5) is 0 Å². The number of aryl methyl sites for hydroxylation is 1. The van der Waals surface area contributed by atoms with Crippen molar-refractivity contribution in [2.75, 3.05) is 0 Å². The molecule has 0 atom stereocenters. The number of rotatable bonds is 3. The molecule has 1 aromatic rings. The zero-order valence-electron chi connectivity index (χ0n) is 6.77. The first-order valence-corrected chi connectivity index (χ1v) is 5.15. The van der Waals surface area contributed by atoms with E-state index in [2.05, 4.69) is 5.10 Å². The van der Waals surface area contributed by atoms with Gasteiger partial charge in [0.15, 0.2) is 5.03 Å². The fraction of sp³-hybridized carbons (Fsp3) is 0.500. The van der Waals surface area contributed by atoms with Crippen molar-refractivity contribution in [3.05, 3.63) is 12.3 Å². The number of primary sulfonamides is 1. The molecule has 1 aromatic heterocycles. The van der Waals surface area contributed by atoms with Crippen molar-refractivity contribution in [1.82, 2.24) is 9.78 Å². The fourth-order valence-corrected chi connectivity index (χ4v) is 1.32. The number of nitrogens with zero attached hydrogens (tertiary/aromatic N) is 2. The smallest absolute Gasteiger partial charge is 0.257 e. The monoisotopic (exact) mass is 189 g/mol. The van der Waals surface area contributed by atoms with Gasteiger partial charge >= 0.3 is 0 Å². The second kappa shape index (κ2) is 3.24. The van der Waals surface area contributed by atoms with Crippen LogP contribution >= 0.6 is 0 Å². The van der Waals surface area contributed by atoms with Gasteiger partial charge < -0.3 is 0 Å². The summed E-state index contributed by atoms with van der Waals surface area (Å²) in [5.74, 6) is 0. The van der Waals surface area contributed by atoms with Gasteiger partial charge in [-0.15, -0.1) is 0 Å². The van der Waals surface area contributed by atoms with Gasteiger partial charge in [0, 0.05) is 12.7 Å². The van der Waals surface area contributed by atoms with Crippen LogP contribution in [0.2, 0.25) is 0 Å². The van der Waals surface area contributed by atoms with E-state index in [-0.39, 0.29) is 5.03 Å². The molecule has 0 saturated heterocycles. The first-order valence-electron chi connectivity index (χ1n) is 3.60. The zero-order chi connectivity index (χ0) is 9.19. The molecule has 5 nitrogen and oxygen atoms in total. The topological polar surface area (TPSA) is 78.0 Å². The first kappa shape index (κ1) is 9.21. The molecule has 68 valence electrons. The standard InChI is InChI=1S/C6H11N3O2S/c1-2-4-9-5-3-6(8-9)12(7,10)11/h3,5H,2,4H2,1H3,(H2,7,10,11). The number of aromatic nitrogens is 2. The van der Waals surface area contributed by atoms with Gasteiger partial charge in [-0.2, -0.15) is 5.10 Å². The average Bonchev–Trinajstić information content (AvgIpc) is 2.35. The highest BCUT2D eigenvalue weighted by atomic mass is 32.2. The number of hydrogen-bond donors (Lipinski definition) is 1. The molecule has 12 heavy (non-hydrogen) atoms. The number of hydrogen-bond acceptors (Lipinski definition) is 3. The van der Waals surface area contributed by atoms with Crippen LogP contribution in [0.15, 0.2) is 17.3 Å². The molecule has 0 amide bonds. The summed E-state index contributed by atoms with van der Waals surface area (Å²) in [5.41, 5.74) is 0. The quantitative estimate of drug-likeness (QED) is 0.723. The molecule has 1 rings (SSSR count). The van der Waals surface area contributed by atoms with Gasteiger partial charge in [-0.1, -0.05) is 6.92 Å². The lowest BCUT2D eigenvalue weighted by molar-refractivity contribution is 0.567. The Labute approximate surface area is 71.2 Å². The molecule has 0 aliphatic carbocycles. The molecule has 0 spiro atoms. The van der Waals surface area contributed by atoms with Crippen LogP contribution in [0.3, 0.4) is 0 Å². The Bertz CT molecular complexity index is 355. The van der Waals surface area contributed by atoms with Crippen LogP contribution in [-0.4, -0.2) is 18.2 Å². The highest BCUT2D eigenvalue weighted by Crippen LogP contribution is 2.01. The van der Waals surface area contributed by atoms with Gasteiger partial charge in [-0.3, -0.25) is 4.68 Å². The van der Waals surface area contributed by atoms with Crippen LogP contribution in [0.5, 0.6) is 0 Å². The molecule has 0 radical (unpaired) electrons. The van der Waals surface area contributed by atoms with E-state index in [0.717, 1.165) is 6.42 Å². The Morgan fingerprint density at radius 2 is 2.33 bits per heavy atom. The largest absolute Gasteiger partial charge is 0.271 e. The van der Waals surface area contributed by atoms with E-state index in [9.17, 15) is 8.42 Å². The Morgan fingerprint density at radius 3 is 2.75 bits per heavy atom. The van der Waals surface area contributed by atoms with Crippen molar-refractivity contribution in [3.63, 3.8) is 0 Å². The summed E-state index contributed by atoms with van der Waals surface area (Å²) in [6.07, 6.45) is 2.51. The Balaban J connectivity index is 2.92. The van der Waals surface area contributed by atoms with Gasteiger partial charge in [0.05, 0.1) is 0 Å². The van der Waals surface area contributed by atoms with Crippen LogP contribution in [0.25, 0.3) is 0 Å². The van der Waals surface area contributed by atoms with E-state index in [4.69, 9.17) is 5.14 Å². The third-order valence-corrected chi connectivity index (χ3v) is 2.16. The van der Waals surface area contributed by atoms with Crippen LogP contribution in [0, 0.1) is 0 Å². The number of nitrogens with two attached hydrogens (primary N) is 1. The van der Waals surface area contributed by atoms with E-state index in [1.165, 1.54) is 6.07 Å². The highest BCUT2D eigenvalue weighted by molar-refractivity contribution is 7.89. The zero-order valence-corrected chi connectivity index (χ0v) is 7.58. The fourth-order valence-electron chi connectivity index (χ4n) is 0.848. The lowest BCUT2D eigenvalue weighted by Crippen LogP contribution is -2.13. The Morgan fingerprint density at radius 1 is 1.67 bits per heavy atom. The Kier molecular flexibility index (Phi) is 2.49. The molecule has 0 aromatic carbocycles. The lowest BCUT2D eigenvalue weighted by Gasteiger charge is -1.95. The van der Waals surface area contributed by atoms with Crippen molar-refractivity contribution in [3.8, 4) is 0 Å². The molecule has 0 saturated carbocycles. The summed E-state index contributed by atoms with van der Waals surface area (Å²) in [5, 5.41) is 8.56. The molecule has 6 heteroatoms. The van der Waals surface area contributed by atoms with E-state index in [0.29, 0.717) is 6.54 Å². The molecular weight excluding hydrogens is 178 g/mol. The minimum absolute atomic E-state index is 0.0732. The van der Waals surface area contributed by atoms with Crippen molar-refractivity contribution in [2.45, 2.75) is 24.9 Å². The maximum atomic E-state index is 10.8. The minimum Gasteiger partial charge on any atom is -0.271 e. The third-order valence-electron chi connectivity index (χ3n) is 1.36. The number of sulfonamides is 1. The minimum atomic E-state index is -3.63. The molecular formula is C6H11N3O2S. The van der Waals surface area contributed by atoms with Crippen molar-refractivity contribution >= 4 is 10.0 Å². The van der Waals surface area contributed by atoms with Gasteiger partial charge in [-0.05, 0) is 12.5 Å². The SMILES string of the molecule is CCCn1ccc(S(N)(=O)=O)n1. The first-order chi connectivity index (χ1) is 5.54. The van der Waals surface area contributed by atoms with Gasteiger partial charge in [0.1, 0.15) is 0 Å². The third kappa shape index (κ3) is 2.05. The molecule has 0 aliphatic heterocycles. The predicted octanol–water partition coefficient (Wildman–Crippen LogP) is -0.0595. The van der Waals surface area contributed by atoms with Gasteiger partial charge in [0.2, 0.25) is 0 Å². The second-order valence-corrected chi connectivity index (χ2v) is 3.97. The molecule has 2 N–H and O–H groups in total. The van der Waals surface area contributed by atoms with Gasteiger partial charge in [-0.25, -0.2) is 13.6 Å². The van der Waals surface area contributed by atoms with Crippen molar-refractivity contribution in [1.29, 1.82) is 0 Å². The normalized spacial score (nSPS) is 11.8. The summed E-state index contributed by atoms with van der Waals surface area (Å²) in [6.45, 7) is 2.69. The van der Waals surface area contributed by atoms with Crippen molar-refractivity contribution in [2.24, 2.45) is 5.14 Å². The maximum Gasteiger partial charge on any atom is 0.257 e. The van der Waals surface area contributed by atoms with Crippen LogP contribution in [0.1, 0.15) is 13.3 Å². The van der Waals surface area contributed by atoms with Crippen molar-refractivity contribution < 1.29 is 8.42 Å². The summed E-state index contributed by atoms with van der Waals surface area (Å²) >= 11 is 0. The highest BCUT2D eigenvalue weighted by Gasteiger charge is 2.10. The van der Waals surface area contributed by atoms with E-state index >= 15 is 0 Å². The second-order valence-electron chi connectivity index (χ2n) is 2.46. The average molecular weight is 189 g/mol. The lowest BCUT2D eigenvalue weighted by atomic mass is 10.5. The predicted molar refractivity (Wildman–Crippen MR) is 43.9 cm³/mol. The van der Waals surface area contributed by atoms with Crippen LogP contribution in [-0.2, 0) is 16.6 Å². The summed E-state index contributed by atoms with van der Waals surface area (Å²) in [6, 6.07) is 1.39. The summed E-state index contributed by atoms with van der Waals surface area (Å²) < 4.78 is 23.1. The van der Waals surface area contributed by atoms with Crippen LogP contribution < -0.4 is 5.14 Å². The van der Waals surface area contributed by atoms with E-state index in [1.54, 1.807) is 10.9 Å². The van der Waals surface area contributed by atoms with E-state index < -0.39 is 10.0 Å². The summed E-state index contributed by atoms with van der Waals surface area (Å²) in [7, 11) is -3.63. The Hall–Kier alpha value is -0.880. The molecule has 0 fully saturated rings. The summed E-state index contributed by atoms with van der Waals surface area (Å²) in [4.78, 5) is 0. The van der Waals surface area contributed by atoms with E-state index in [1.807, 2.05) is 6.92 Å².